The Balaban J connectivity index is 1.66. The molecule has 0 fully saturated rings. The van der Waals surface area contributed by atoms with Crippen LogP contribution in [-0.2, 0) is 6.54 Å². The van der Waals surface area contributed by atoms with Gasteiger partial charge in [-0.2, -0.15) is 0 Å². The van der Waals surface area contributed by atoms with Crippen molar-refractivity contribution in [3.05, 3.63) is 71.0 Å². The number of carbonyl (C=O) groups excluding carboxylic acids is 1. The van der Waals surface area contributed by atoms with Gasteiger partial charge in [0.15, 0.2) is 11.5 Å². The molecule has 28 heavy (non-hydrogen) atoms. The number of amides is 1. The summed E-state index contributed by atoms with van der Waals surface area (Å²) < 4.78 is 10.5. The van der Waals surface area contributed by atoms with E-state index >= 15 is 0 Å². The van der Waals surface area contributed by atoms with Crippen LogP contribution in [0.2, 0.25) is 5.02 Å². The molecule has 0 saturated heterocycles. The van der Waals surface area contributed by atoms with Crippen molar-refractivity contribution in [1.29, 1.82) is 0 Å². The lowest BCUT2D eigenvalue weighted by Gasteiger charge is -2.10. The first-order chi connectivity index (χ1) is 13.6. The predicted molar refractivity (Wildman–Crippen MR) is 107 cm³/mol. The second-order valence-corrected chi connectivity index (χ2v) is 6.21. The molecule has 0 aliphatic rings. The van der Waals surface area contributed by atoms with Crippen LogP contribution in [0.4, 0.5) is 11.6 Å². The number of nitrogens with one attached hydrogen (secondary N) is 2. The number of hydrogen-bond donors (Lipinski definition) is 2. The summed E-state index contributed by atoms with van der Waals surface area (Å²) in [4.78, 5) is 20.8. The molecule has 1 heterocycles. The van der Waals surface area contributed by atoms with Crippen LogP contribution in [0, 0.1) is 0 Å². The monoisotopic (exact) mass is 398 g/mol. The van der Waals surface area contributed by atoms with E-state index in [4.69, 9.17) is 21.1 Å². The van der Waals surface area contributed by atoms with Gasteiger partial charge < -0.3 is 20.1 Å². The van der Waals surface area contributed by atoms with Crippen LogP contribution < -0.4 is 20.1 Å². The zero-order valence-electron chi connectivity index (χ0n) is 15.4. The smallest absolute Gasteiger partial charge is 0.270 e. The minimum Gasteiger partial charge on any atom is -0.493 e. The highest BCUT2D eigenvalue weighted by molar-refractivity contribution is 6.30. The van der Waals surface area contributed by atoms with Gasteiger partial charge in [0, 0.05) is 23.5 Å². The van der Waals surface area contributed by atoms with Crippen molar-refractivity contribution in [2.75, 3.05) is 19.5 Å². The fraction of sp³-hybridized carbons (Fsp3) is 0.150. The average molecular weight is 399 g/mol. The zero-order valence-corrected chi connectivity index (χ0v) is 16.2. The topological polar surface area (TPSA) is 85.4 Å². The highest BCUT2D eigenvalue weighted by atomic mass is 35.5. The van der Waals surface area contributed by atoms with Gasteiger partial charge in [-0.1, -0.05) is 23.7 Å². The maximum absolute atomic E-state index is 12.4. The Morgan fingerprint density at radius 3 is 2.64 bits per heavy atom. The zero-order chi connectivity index (χ0) is 19.9. The summed E-state index contributed by atoms with van der Waals surface area (Å²) in [6.07, 6.45) is 1.52. The molecule has 0 unspecified atom stereocenters. The first-order valence-electron chi connectivity index (χ1n) is 8.44. The number of aromatic nitrogens is 2. The number of ether oxygens (including phenoxy) is 2. The van der Waals surface area contributed by atoms with Gasteiger partial charge in [0.25, 0.3) is 5.91 Å². The van der Waals surface area contributed by atoms with E-state index in [1.54, 1.807) is 38.5 Å². The van der Waals surface area contributed by atoms with Crippen molar-refractivity contribution in [1.82, 2.24) is 15.3 Å². The third-order valence-electron chi connectivity index (χ3n) is 3.87. The molecule has 0 aliphatic heterocycles. The SMILES string of the molecule is COc1ccc(CNC(=O)c2ccnc(Nc3cccc(Cl)c3)n2)cc1OC. The summed E-state index contributed by atoms with van der Waals surface area (Å²) >= 11 is 5.97. The van der Waals surface area contributed by atoms with Gasteiger partial charge in [-0.25, -0.2) is 9.97 Å². The van der Waals surface area contributed by atoms with E-state index in [0.717, 1.165) is 11.3 Å². The van der Waals surface area contributed by atoms with Gasteiger partial charge in [-0.15, -0.1) is 0 Å². The Labute approximate surface area is 167 Å². The number of anilines is 2. The van der Waals surface area contributed by atoms with Crippen molar-refractivity contribution in [2.24, 2.45) is 0 Å². The maximum Gasteiger partial charge on any atom is 0.270 e. The van der Waals surface area contributed by atoms with E-state index in [1.807, 2.05) is 24.3 Å². The molecule has 3 rings (SSSR count). The predicted octanol–water partition coefficient (Wildman–Crippen LogP) is 3.82. The Hall–Kier alpha value is -3.32. The Bertz CT molecular complexity index is 981. The molecule has 0 spiro atoms. The van der Waals surface area contributed by atoms with Gasteiger partial charge in [-0.3, -0.25) is 4.79 Å². The number of carbonyl (C=O) groups is 1. The van der Waals surface area contributed by atoms with Crippen LogP contribution in [0.1, 0.15) is 16.1 Å². The van der Waals surface area contributed by atoms with Crippen molar-refractivity contribution < 1.29 is 14.3 Å². The van der Waals surface area contributed by atoms with Crippen molar-refractivity contribution in [3.63, 3.8) is 0 Å². The summed E-state index contributed by atoms with van der Waals surface area (Å²) in [7, 11) is 3.14. The minimum atomic E-state index is -0.314. The summed E-state index contributed by atoms with van der Waals surface area (Å²) in [5, 5.41) is 6.45. The van der Waals surface area contributed by atoms with Crippen LogP contribution >= 0.6 is 11.6 Å². The van der Waals surface area contributed by atoms with Crippen LogP contribution in [0.3, 0.4) is 0 Å². The second-order valence-electron chi connectivity index (χ2n) is 5.77. The third-order valence-corrected chi connectivity index (χ3v) is 4.11. The molecule has 2 aromatic carbocycles. The molecule has 0 aliphatic carbocycles. The molecule has 0 radical (unpaired) electrons. The molecule has 1 amide bonds. The average Bonchev–Trinajstić information content (AvgIpc) is 2.72. The van der Waals surface area contributed by atoms with E-state index < -0.39 is 0 Å². The molecular weight excluding hydrogens is 380 g/mol. The van der Waals surface area contributed by atoms with Gasteiger partial charge in [0.05, 0.1) is 14.2 Å². The summed E-state index contributed by atoms with van der Waals surface area (Å²) in [6, 6.07) is 14.2. The molecule has 0 atom stereocenters. The third kappa shape index (κ3) is 4.89. The molecule has 0 bridgehead atoms. The van der Waals surface area contributed by atoms with Crippen LogP contribution in [0.25, 0.3) is 0 Å². The summed E-state index contributed by atoms with van der Waals surface area (Å²) in [5.41, 5.74) is 1.85. The molecule has 3 aromatic rings. The number of hydrogen-bond acceptors (Lipinski definition) is 6. The van der Waals surface area contributed by atoms with Gasteiger partial charge in [0.1, 0.15) is 5.69 Å². The molecule has 1 aromatic heterocycles. The molecule has 2 N–H and O–H groups in total. The minimum absolute atomic E-state index is 0.250. The summed E-state index contributed by atoms with van der Waals surface area (Å²) in [6.45, 7) is 0.320. The second kappa shape index (κ2) is 9.05. The fourth-order valence-corrected chi connectivity index (χ4v) is 2.69. The lowest BCUT2D eigenvalue weighted by molar-refractivity contribution is 0.0946. The maximum atomic E-state index is 12.4. The van der Waals surface area contributed by atoms with E-state index in [1.165, 1.54) is 6.20 Å². The normalized spacial score (nSPS) is 10.2. The number of methoxy groups -OCH3 is 2. The Morgan fingerprint density at radius 2 is 1.89 bits per heavy atom. The van der Waals surface area contributed by atoms with E-state index in [2.05, 4.69) is 20.6 Å². The van der Waals surface area contributed by atoms with Crippen molar-refractivity contribution in [3.8, 4) is 11.5 Å². The highest BCUT2D eigenvalue weighted by Crippen LogP contribution is 2.27. The van der Waals surface area contributed by atoms with E-state index in [0.29, 0.717) is 29.0 Å². The summed E-state index contributed by atoms with van der Waals surface area (Å²) in [5.74, 6) is 1.22. The highest BCUT2D eigenvalue weighted by Gasteiger charge is 2.10. The number of halogens is 1. The molecule has 144 valence electrons. The first-order valence-corrected chi connectivity index (χ1v) is 8.81. The van der Waals surface area contributed by atoms with Gasteiger partial charge in [0.2, 0.25) is 5.95 Å². The Kier molecular flexibility index (Phi) is 6.29. The largest absolute Gasteiger partial charge is 0.493 e. The standard InChI is InChI=1S/C20H19ClN4O3/c1-27-17-7-6-13(10-18(17)28-2)12-23-19(26)16-8-9-22-20(25-16)24-15-5-3-4-14(21)11-15/h3-11H,12H2,1-2H3,(H,23,26)(H,22,24,25). The molecule has 8 heteroatoms. The molecule has 0 saturated carbocycles. The number of benzene rings is 2. The Morgan fingerprint density at radius 1 is 1.07 bits per heavy atom. The lowest BCUT2D eigenvalue weighted by atomic mass is 10.2. The number of nitrogens with zero attached hydrogens (tertiary/aromatic N) is 2. The van der Waals surface area contributed by atoms with Crippen LogP contribution in [0.5, 0.6) is 11.5 Å². The molecular formula is C20H19ClN4O3. The van der Waals surface area contributed by atoms with Crippen molar-refractivity contribution >= 4 is 29.1 Å². The fourth-order valence-electron chi connectivity index (χ4n) is 2.50. The van der Waals surface area contributed by atoms with Gasteiger partial charge >= 0.3 is 0 Å². The van der Waals surface area contributed by atoms with Crippen LogP contribution in [0.15, 0.2) is 54.7 Å². The van der Waals surface area contributed by atoms with Crippen molar-refractivity contribution in [2.45, 2.75) is 6.54 Å². The van der Waals surface area contributed by atoms with Gasteiger partial charge in [-0.05, 0) is 42.0 Å². The van der Waals surface area contributed by atoms with E-state index in [9.17, 15) is 4.79 Å². The molecule has 7 nitrogen and oxygen atoms in total. The van der Waals surface area contributed by atoms with Crippen LogP contribution in [-0.4, -0.2) is 30.1 Å². The number of rotatable bonds is 7. The van der Waals surface area contributed by atoms with E-state index in [-0.39, 0.29) is 11.6 Å². The first kappa shape index (κ1) is 19.4. The quantitative estimate of drug-likeness (QED) is 0.629. The lowest BCUT2D eigenvalue weighted by Crippen LogP contribution is -2.24.